The van der Waals surface area contributed by atoms with Crippen molar-refractivity contribution in [2.45, 2.75) is 26.5 Å². The van der Waals surface area contributed by atoms with Crippen LogP contribution in [0.15, 0.2) is 48.5 Å². The molecule has 0 aliphatic heterocycles. The van der Waals surface area contributed by atoms with E-state index in [0.29, 0.717) is 33.0 Å². The maximum Gasteiger partial charge on any atom is 0.328 e. The molecule has 0 radical (unpaired) electrons. The Hall–Kier alpha value is -3.03. The molecule has 0 bridgehead atoms. The molecule has 0 saturated heterocycles. The number of aliphatic carboxylic acids is 1. The molecule has 1 heterocycles. The second kappa shape index (κ2) is 10.5. The van der Waals surface area contributed by atoms with Crippen LogP contribution < -0.4 is 0 Å². The van der Waals surface area contributed by atoms with Gasteiger partial charge in [-0.05, 0) is 42.2 Å². The average Bonchev–Trinajstić information content (AvgIpc) is 3.14. The van der Waals surface area contributed by atoms with Gasteiger partial charge in [0, 0.05) is 19.3 Å². The Labute approximate surface area is 169 Å². The molecule has 0 aliphatic carbocycles. The number of carbonyl (C=O) groups is 1. The molecule has 0 fully saturated rings. The number of hydrogen-bond donors (Lipinski definition) is 1. The normalized spacial score (nSPS) is 11.5. The standard InChI is InChI=1S/C22H25N3O4/c1-17-19(9-11-21(26)27)8-10-20-22(17)23-24-25(20)12-15-28-13-5-14-29-16-18-6-3-2-4-7-18/h2-4,6-11H,5,12-16H2,1H3,(H,26,27). The molecule has 3 rings (SSSR count). The SMILES string of the molecule is Cc1c(C=CC(=O)O)ccc2c1nnn2CCOCCCOCc1ccccc1. The van der Waals surface area contributed by atoms with Gasteiger partial charge in [0.15, 0.2) is 0 Å². The van der Waals surface area contributed by atoms with Crippen molar-refractivity contribution in [2.24, 2.45) is 0 Å². The number of benzene rings is 2. The van der Waals surface area contributed by atoms with Crippen LogP contribution in [0.1, 0.15) is 23.1 Å². The van der Waals surface area contributed by atoms with Gasteiger partial charge in [-0.1, -0.05) is 41.6 Å². The molecule has 0 aliphatic rings. The number of nitrogens with zero attached hydrogens (tertiary/aromatic N) is 3. The van der Waals surface area contributed by atoms with Gasteiger partial charge in [-0.15, -0.1) is 5.10 Å². The maximum atomic E-state index is 10.7. The van der Waals surface area contributed by atoms with E-state index in [1.54, 1.807) is 10.8 Å². The molecule has 7 heteroatoms. The van der Waals surface area contributed by atoms with Crippen molar-refractivity contribution in [3.8, 4) is 0 Å². The molecule has 0 unspecified atom stereocenters. The van der Waals surface area contributed by atoms with Crippen LogP contribution in [0.5, 0.6) is 0 Å². The van der Waals surface area contributed by atoms with E-state index in [1.165, 1.54) is 5.56 Å². The Kier molecular flexibility index (Phi) is 7.49. The third-order valence-corrected chi connectivity index (χ3v) is 4.52. The van der Waals surface area contributed by atoms with E-state index in [9.17, 15) is 4.79 Å². The lowest BCUT2D eigenvalue weighted by Gasteiger charge is -2.07. The number of carboxylic acid groups (broad SMARTS) is 1. The first kappa shape index (κ1) is 20.7. The van der Waals surface area contributed by atoms with Crippen molar-refractivity contribution in [1.29, 1.82) is 0 Å². The Bertz CT molecular complexity index is 967. The van der Waals surface area contributed by atoms with Crippen LogP contribution in [0.3, 0.4) is 0 Å². The zero-order valence-electron chi connectivity index (χ0n) is 16.5. The largest absolute Gasteiger partial charge is 0.478 e. The molecular weight excluding hydrogens is 370 g/mol. The minimum Gasteiger partial charge on any atom is -0.478 e. The second-order valence-electron chi connectivity index (χ2n) is 6.64. The highest BCUT2D eigenvalue weighted by Gasteiger charge is 2.09. The summed E-state index contributed by atoms with van der Waals surface area (Å²) in [7, 11) is 0. The predicted molar refractivity (Wildman–Crippen MR) is 110 cm³/mol. The highest BCUT2D eigenvalue weighted by Crippen LogP contribution is 2.20. The monoisotopic (exact) mass is 395 g/mol. The summed E-state index contributed by atoms with van der Waals surface area (Å²) < 4.78 is 13.1. The molecule has 29 heavy (non-hydrogen) atoms. The second-order valence-corrected chi connectivity index (χ2v) is 6.64. The quantitative estimate of drug-likeness (QED) is 0.395. The summed E-state index contributed by atoms with van der Waals surface area (Å²) in [5, 5.41) is 17.2. The average molecular weight is 395 g/mol. The van der Waals surface area contributed by atoms with Gasteiger partial charge in [-0.3, -0.25) is 0 Å². The molecular formula is C22H25N3O4. The van der Waals surface area contributed by atoms with Crippen molar-refractivity contribution in [2.75, 3.05) is 19.8 Å². The van der Waals surface area contributed by atoms with Gasteiger partial charge in [-0.2, -0.15) is 0 Å². The van der Waals surface area contributed by atoms with E-state index < -0.39 is 5.97 Å². The fourth-order valence-corrected chi connectivity index (χ4v) is 2.97. The fraction of sp³-hybridized carbons (Fsp3) is 0.318. The Morgan fingerprint density at radius 1 is 1.10 bits per heavy atom. The molecule has 0 spiro atoms. The van der Waals surface area contributed by atoms with Crippen molar-refractivity contribution < 1.29 is 19.4 Å². The minimum atomic E-state index is -0.976. The number of carboxylic acids is 1. The van der Waals surface area contributed by atoms with Crippen LogP contribution >= 0.6 is 0 Å². The van der Waals surface area contributed by atoms with Crippen molar-refractivity contribution in [3.05, 3.63) is 65.2 Å². The first-order valence-corrected chi connectivity index (χ1v) is 9.58. The molecule has 0 atom stereocenters. The lowest BCUT2D eigenvalue weighted by Crippen LogP contribution is -2.09. The van der Waals surface area contributed by atoms with E-state index in [0.717, 1.165) is 34.7 Å². The van der Waals surface area contributed by atoms with Gasteiger partial charge < -0.3 is 14.6 Å². The zero-order valence-corrected chi connectivity index (χ0v) is 16.5. The third-order valence-electron chi connectivity index (χ3n) is 4.52. The van der Waals surface area contributed by atoms with Gasteiger partial charge in [0.05, 0.1) is 25.3 Å². The first-order chi connectivity index (χ1) is 14.1. The van der Waals surface area contributed by atoms with E-state index in [1.807, 2.05) is 49.4 Å². The molecule has 2 aromatic carbocycles. The van der Waals surface area contributed by atoms with Crippen LogP contribution in [0.25, 0.3) is 17.1 Å². The summed E-state index contributed by atoms with van der Waals surface area (Å²) in [6.07, 6.45) is 3.53. The molecule has 1 N–H and O–H groups in total. The van der Waals surface area contributed by atoms with Crippen molar-refractivity contribution >= 4 is 23.1 Å². The molecule has 3 aromatic rings. The fourth-order valence-electron chi connectivity index (χ4n) is 2.97. The lowest BCUT2D eigenvalue weighted by molar-refractivity contribution is -0.131. The third kappa shape index (κ3) is 5.97. The van der Waals surface area contributed by atoms with Gasteiger partial charge in [0.1, 0.15) is 5.52 Å². The van der Waals surface area contributed by atoms with Crippen LogP contribution in [0.4, 0.5) is 0 Å². The highest BCUT2D eigenvalue weighted by molar-refractivity contribution is 5.88. The van der Waals surface area contributed by atoms with E-state index in [4.69, 9.17) is 14.6 Å². The lowest BCUT2D eigenvalue weighted by atomic mass is 10.1. The number of rotatable bonds is 11. The Balaban J connectivity index is 1.40. The van der Waals surface area contributed by atoms with E-state index in [-0.39, 0.29) is 0 Å². The Morgan fingerprint density at radius 2 is 1.90 bits per heavy atom. The smallest absolute Gasteiger partial charge is 0.328 e. The van der Waals surface area contributed by atoms with Gasteiger partial charge in [0.25, 0.3) is 0 Å². The van der Waals surface area contributed by atoms with Crippen LogP contribution in [0.2, 0.25) is 0 Å². The zero-order chi connectivity index (χ0) is 20.5. The van der Waals surface area contributed by atoms with Crippen LogP contribution in [0, 0.1) is 6.92 Å². The van der Waals surface area contributed by atoms with Crippen molar-refractivity contribution in [1.82, 2.24) is 15.0 Å². The van der Waals surface area contributed by atoms with E-state index >= 15 is 0 Å². The van der Waals surface area contributed by atoms with Crippen molar-refractivity contribution in [3.63, 3.8) is 0 Å². The predicted octanol–water partition coefficient (Wildman–Crippen LogP) is 3.46. The summed E-state index contributed by atoms with van der Waals surface area (Å²) >= 11 is 0. The number of fused-ring (bicyclic) bond motifs is 1. The number of aryl methyl sites for hydroxylation is 1. The molecule has 7 nitrogen and oxygen atoms in total. The number of aromatic nitrogens is 3. The van der Waals surface area contributed by atoms with Gasteiger partial charge in [-0.25, -0.2) is 9.48 Å². The first-order valence-electron chi connectivity index (χ1n) is 9.58. The summed E-state index contributed by atoms with van der Waals surface area (Å²) in [4.78, 5) is 10.7. The van der Waals surface area contributed by atoms with Crippen LogP contribution in [-0.4, -0.2) is 45.9 Å². The molecule has 0 saturated carbocycles. The highest BCUT2D eigenvalue weighted by atomic mass is 16.5. The summed E-state index contributed by atoms with van der Waals surface area (Å²) in [6, 6.07) is 13.9. The van der Waals surface area contributed by atoms with Gasteiger partial charge >= 0.3 is 5.97 Å². The summed E-state index contributed by atoms with van der Waals surface area (Å²) in [5.74, 6) is -0.976. The number of hydrogen-bond acceptors (Lipinski definition) is 5. The van der Waals surface area contributed by atoms with E-state index in [2.05, 4.69) is 10.3 Å². The Morgan fingerprint density at radius 3 is 2.69 bits per heavy atom. The van der Waals surface area contributed by atoms with Gasteiger partial charge in [0.2, 0.25) is 0 Å². The summed E-state index contributed by atoms with van der Waals surface area (Å²) in [6.45, 7) is 4.96. The maximum absolute atomic E-state index is 10.7. The molecule has 0 amide bonds. The molecule has 1 aromatic heterocycles. The molecule has 152 valence electrons. The van der Waals surface area contributed by atoms with Crippen LogP contribution in [-0.2, 0) is 27.4 Å². The topological polar surface area (TPSA) is 86.5 Å². The summed E-state index contributed by atoms with van der Waals surface area (Å²) in [5.41, 5.74) is 4.57. The minimum absolute atomic E-state index is 0.539. The number of ether oxygens (including phenoxy) is 2.